The molecule has 4 nitrogen and oxygen atoms in total. The zero-order valence-electron chi connectivity index (χ0n) is 10.7. The van der Waals surface area contributed by atoms with Crippen LogP contribution in [0.1, 0.15) is 5.56 Å². The molecule has 1 amide bonds. The number of halogens is 1. The maximum absolute atomic E-state index is 12.0. The number of para-hydroxylation sites is 1. The lowest BCUT2D eigenvalue weighted by molar-refractivity contribution is -0.117. The van der Waals surface area contributed by atoms with Crippen LogP contribution in [0.2, 0.25) is 0 Å². The van der Waals surface area contributed by atoms with Crippen LogP contribution in [0.5, 0.6) is 5.75 Å². The van der Waals surface area contributed by atoms with Gasteiger partial charge < -0.3 is 16.2 Å². The van der Waals surface area contributed by atoms with Crippen LogP contribution in [-0.2, 0) is 11.2 Å². The lowest BCUT2D eigenvalue weighted by Gasteiger charge is -2.13. The quantitative estimate of drug-likeness (QED) is 0.752. The molecule has 0 saturated heterocycles. The fourth-order valence-electron chi connectivity index (χ4n) is 1.80. The first-order valence-corrected chi connectivity index (χ1v) is 6.95. The summed E-state index contributed by atoms with van der Waals surface area (Å²) in [5.74, 6) is -0.338. The zero-order chi connectivity index (χ0) is 14.5. The number of aromatic hydroxyl groups is 1. The van der Waals surface area contributed by atoms with E-state index in [1.165, 1.54) is 0 Å². The number of nitrogens with two attached hydrogens (primary N) is 1. The molecule has 0 aliphatic heterocycles. The molecule has 4 N–H and O–H groups in total. The van der Waals surface area contributed by atoms with Gasteiger partial charge in [0.25, 0.3) is 0 Å². The highest BCUT2D eigenvalue weighted by molar-refractivity contribution is 9.10. The van der Waals surface area contributed by atoms with Gasteiger partial charge in [-0.15, -0.1) is 0 Å². The Hall–Kier alpha value is -1.85. The van der Waals surface area contributed by atoms with Gasteiger partial charge in [-0.05, 0) is 40.0 Å². The molecule has 0 bridgehead atoms. The molecule has 5 heteroatoms. The van der Waals surface area contributed by atoms with E-state index >= 15 is 0 Å². The largest absolute Gasteiger partial charge is 0.505 e. The summed E-state index contributed by atoms with van der Waals surface area (Å²) in [6.45, 7) is 0. The number of amides is 1. The van der Waals surface area contributed by atoms with E-state index in [-0.39, 0.29) is 11.7 Å². The fraction of sp³-hybridized carbons (Fsp3) is 0.133. The van der Waals surface area contributed by atoms with E-state index in [1.54, 1.807) is 18.2 Å². The van der Waals surface area contributed by atoms with E-state index < -0.39 is 6.04 Å². The highest BCUT2D eigenvalue weighted by Gasteiger charge is 2.16. The minimum atomic E-state index is -0.671. The van der Waals surface area contributed by atoms with Crippen LogP contribution >= 0.6 is 15.9 Å². The third kappa shape index (κ3) is 3.59. The molecule has 104 valence electrons. The lowest BCUT2D eigenvalue weighted by atomic mass is 10.1. The smallest absolute Gasteiger partial charge is 0.241 e. The van der Waals surface area contributed by atoms with Gasteiger partial charge in [0, 0.05) is 0 Å². The summed E-state index contributed by atoms with van der Waals surface area (Å²) in [5.41, 5.74) is 7.21. The summed E-state index contributed by atoms with van der Waals surface area (Å²) in [7, 11) is 0. The standard InChI is InChI=1S/C15H15BrN2O2/c16-11-7-4-8-13(14(11)19)18-15(20)12(17)9-10-5-2-1-3-6-10/h1-8,12,19H,9,17H2,(H,18,20)/t12-/m0/s1. The minimum Gasteiger partial charge on any atom is -0.505 e. The Morgan fingerprint density at radius 1 is 1.20 bits per heavy atom. The summed E-state index contributed by atoms with van der Waals surface area (Å²) < 4.78 is 0.520. The normalized spacial score (nSPS) is 11.9. The third-order valence-corrected chi connectivity index (χ3v) is 3.52. The van der Waals surface area contributed by atoms with Crippen molar-refractivity contribution in [1.82, 2.24) is 0 Å². The Morgan fingerprint density at radius 2 is 1.90 bits per heavy atom. The van der Waals surface area contributed by atoms with Crippen molar-refractivity contribution >= 4 is 27.5 Å². The first-order chi connectivity index (χ1) is 9.58. The Morgan fingerprint density at radius 3 is 2.60 bits per heavy atom. The molecule has 0 aliphatic rings. The van der Waals surface area contributed by atoms with Crippen molar-refractivity contribution in [3.05, 3.63) is 58.6 Å². The van der Waals surface area contributed by atoms with Crippen LogP contribution in [0.25, 0.3) is 0 Å². The van der Waals surface area contributed by atoms with Gasteiger partial charge in [0.1, 0.15) is 0 Å². The molecule has 2 aromatic carbocycles. The second-order valence-electron chi connectivity index (χ2n) is 4.42. The second-order valence-corrected chi connectivity index (χ2v) is 5.28. The lowest BCUT2D eigenvalue weighted by Crippen LogP contribution is -2.37. The van der Waals surface area contributed by atoms with Crippen molar-refractivity contribution in [3.8, 4) is 5.75 Å². The van der Waals surface area contributed by atoms with E-state index in [0.717, 1.165) is 5.56 Å². The third-order valence-electron chi connectivity index (χ3n) is 2.88. The second kappa shape index (κ2) is 6.54. The van der Waals surface area contributed by atoms with Crippen molar-refractivity contribution < 1.29 is 9.90 Å². The van der Waals surface area contributed by atoms with Gasteiger partial charge in [0.15, 0.2) is 5.75 Å². The first kappa shape index (κ1) is 14.6. The molecule has 0 fully saturated rings. The zero-order valence-corrected chi connectivity index (χ0v) is 12.3. The number of rotatable bonds is 4. The van der Waals surface area contributed by atoms with E-state index in [4.69, 9.17) is 5.73 Å². The Labute approximate surface area is 125 Å². The van der Waals surface area contributed by atoms with Gasteiger partial charge in [-0.1, -0.05) is 36.4 Å². The number of hydrogen-bond donors (Lipinski definition) is 3. The van der Waals surface area contributed by atoms with Crippen LogP contribution < -0.4 is 11.1 Å². The molecular formula is C15H15BrN2O2. The molecule has 0 aliphatic carbocycles. The van der Waals surface area contributed by atoms with Crippen molar-refractivity contribution in [2.45, 2.75) is 12.5 Å². The molecule has 0 radical (unpaired) electrons. The highest BCUT2D eigenvalue weighted by Crippen LogP contribution is 2.31. The Bertz CT molecular complexity index is 602. The van der Waals surface area contributed by atoms with Gasteiger partial charge >= 0.3 is 0 Å². The molecule has 0 spiro atoms. The van der Waals surface area contributed by atoms with Crippen LogP contribution in [0.3, 0.4) is 0 Å². The number of phenolic OH excluding ortho intramolecular Hbond substituents is 1. The van der Waals surface area contributed by atoms with Gasteiger partial charge in [-0.2, -0.15) is 0 Å². The van der Waals surface area contributed by atoms with E-state index in [2.05, 4.69) is 21.2 Å². The number of carbonyl (C=O) groups is 1. The minimum absolute atomic E-state index is 0.00670. The van der Waals surface area contributed by atoms with Crippen LogP contribution in [0.4, 0.5) is 5.69 Å². The number of hydrogen-bond acceptors (Lipinski definition) is 3. The molecule has 0 aromatic heterocycles. The van der Waals surface area contributed by atoms with E-state index in [0.29, 0.717) is 16.6 Å². The van der Waals surface area contributed by atoms with Gasteiger partial charge in [0.2, 0.25) is 5.91 Å². The number of anilines is 1. The fourth-order valence-corrected chi connectivity index (χ4v) is 2.17. The summed E-state index contributed by atoms with van der Waals surface area (Å²) in [6.07, 6.45) is 0.446. The molecule has 2 rings (SSSR count). The van der Waals surface area contributed by atoms with E-state index in [9.17, 15) is 9.90 Å². The topological polar surface area (TPSA) is 75.4 Å². The summed E-state index contributed by atoms with van der Waals surface area (Å²) >= 11 is 3.19. The average molecular weight is 335 g/mol. The van der Waals surface area contributed by atoms with Crippen molar-refractivity contribution in [3.63, 3.8) is 0 Å². The van der Waals surface area contributed by atoms with Crippen LogP contribution in [0, 0.1) is 0 Å². The molecule has 20 heavy (non-hydrogen) atoms. The molecule has 2 aromatic rings. The number of benzene rings is 2. The summed E-state index contributed by atoms with van der Waals surface area (Å²) in [6, 6.07) is 13.9. The van der Waals surface area contributed by atoms with Crippen molar-refractivity contribution in [1.29, 1.82) is 0 Å². The molecular weight excluding hydrogens is 320 g/mol. The van der Waals surface area contributed by atoms with Crippen molar-refractivity contribution in [2.24, 2.45) is 5.73 Å². The molecule has 1 atom stereocenters. The SMILES string of the molecule is N[C@@H](Cc1ccccc1)C(=O)Nc1cccc(Br)c1O. The number of carbonyl (C=O) groups excluding carboxylic acids is 1. The monoisotopic (exact) mass is 334 g/mol. The van der Waals surface area contributed by atoms with Crippen molar-refractivity contribution in [2.75, 3.05) is 5.32 Å². The van der Waals surface area contributed by atoms with Gasteiger partial charge in [-0.25, -0.2) is 0 Å². The molecule has 0 saturated carbocycles. The molecule has 0 unspecified atom stereocenters. The van der Waals surface area contributed by atoms with E-state index in [1.807, 2.05) is 30.3 Å². The maximum atomic E-state index is 12.0. The highest BCUT2D eigenvalue weighted by atomic mass is 79.9. The summed E-state index contributed by atoms with van der Waals surface area (Å²) in [5, 5.41) is 12.4. The van der Waals surface area contributed by atoms with Crippen LogP contribution in [-0.4, -0.2) is 17.1 Å². The predicted molar refractivity (Wildman–Crippen MR) is 82.6 cm³/mol. The summed E-state index contributed by atoms with van der Waals surface area (Å²) in [4.78, 5) is 12.0. The Kier molecular flexibility index (Phi) is 4.76. The van der Waals surface area contributed by atoms with Crippen LogP contribution in [0.15, 0.2) is 53.0 Å². The first-order valence-electron chi connectivity index (χ1n) is 6.16. The van der Waals surface area contributed by atoms with Gasteiger partial charge in [0.05, 0.1) is 16.2 Å². The number of nitrogens with one attached hydrogen (secondary N) is 1. The number of phenols is 1. The average Bonchev–Trinajstić information content (AvgIpc) is 2.45. The predicted octanol–water partition coefficient (Wildman–Crippen LogP) is 2.66. The van der Waals surface area contributed by atoms with Gasteiger partial charge in [-0.3, -0.25) is 4.79 Å². The molecule has 0 heterocycles. The maximum Gasteiger partial charge on any atom is 0.241 e. The Balaban J connectivity index is 2.03.